The van der Waals surface area contributed by atoms with Gasteiger partial charge in [-0.15, -0.1) is 0 Å². The summed E-state index contributed by atoms with van der Waals surface area (Å²) in [5.74, 6) is 0.554. The first-order valence-corrected chi connectivity index (χ1v) is 14.6. The van der Waals surface area contributed by atoms with Crippen molar-refractivity contribution >= 4 is 40.6 Å². The van der Waals surface area contributed by atoms with Gasteiger partial charge in [0.1, 0.15) is 0 Å². The van der Waals surface area contributed by atoms with Crippen LogP contribution in [0.2, 0.25) is 0 Å². The standard InChI is InChI=1S/C40H30N2/c1-5-13-31(14-6-1)41(32-15-7-2-8-16-32)37-27-23-29-22-26-36-38(28-24-30-21-25-35(37)39(29)40(30)36)42(33-17-9-3-10-18-33)34-19-11-4-12-20-34/h1-29,39H. The number of rotatable bonds is 6. The molecule has 0 saturated heterocycles. The molecule has 3 aliphatic carbocycles. The predicted octanol–water partition coefficient (Wildman–Crippen LogP) is 10.6. The lowest BCUT2D eigenvalue weighted by atomic mass is 9.68. The monoisotopic (exact) mass is 538 g/mol. The van der Waals surface area contributed by atoms with Crippen molar-refractivity contribution in [2.75, 3.05) is 9.80 Å². The predicted molar refractivity (Wildman–Crippen MR) is 177 cm³/mol. The van der Waals surface area contributed by atoms with Gasteiger partial charge < -0.3 is 9.80 Å². The summed E-state index contributed by atoms with van der Waals surface area (Å²) in [6.07, 6.45) is 14.1. The molecule has 0 saturated carbocycles. The highest BCUT2D eigenvalue weighted by Gasteiger charge is 2.37. The fourth-order valence-electron chi connectivity index (χ4n) is 6.75. The molecule has 0 heterocycles. The largest absolute Gasteiger partial charge is 0.310 e. The highest BCUT2D eigenvalue weighted by Crippen LogP contribution is 2.53. The molecule has 2 atom stereocenters. The van der Waals surface area contributed by atoms with Crippen LogP contribution in [0.25, 0.3) is 12.2 Å². The Morgan fingerprint density at radius 1 is 0.429 bits per heavy atom. The molecular formula is C40H30N2. The normalized spacial score (nSPS) is 17.6. The third kappa shape index (κ3) is 4.03. The number of nitrogens with zero attached hydrogens (tertiary/aromatic N) is 2. The zero-order chi connectivity index (χ0) is 27.9. The van der Waals surface area contributed by atoms with Crippen molar-refractivity contribution in [3.63, 3.8) is 0 Å². The summed E-state index contributed by atoms with van der Waals surface area (Å²) in [5, 5.41) is 0. The first kappa shape index (κ1) is 24.5. The summed E-state index contributed by atoms with van der Waals surface area (Å²) >= 11 is 0. The molecule has 200 valence electrons. The number of para-hydroxylation sites is 4. The van der Waals surface area contributed by atoms with Gasteiger partial charge in [-0.1, -0.05) is 109 Å². The van der Waals surface area contributed by atoms with Crippen LogP contribution in [0.15, 0.2) is 169 Å². The second-order valence-electron chi connectivity index (χ2n) is 11.0. The summed E-state index contributed by atoms with van der Waals surface area (Å²) in [7, 11) is 0. The maximum absolute atomic E-state index is 2.40. The average molecular weight is 539 g/mol. The number of hydrogen-bond acceptors (Lipinski definition) is 2. The van der Waals surface area contributed by atoms with Crippen molar-refractivity contribution in [3.8, 4) is 0 Å². The van der Waals surface area contributed by atoms with E-state index in [0.29, 0.717) is 5.92 Å². The van der Waals surface area contributed by atoms with Gasteiger partial charge in [0.05, 0.1) is 5.69 Å². The molecule has 8 rings (SSSR count). The molecule has 0 fully saturated rings. The molecule has 2 unspecified atom stereocenters. The van der Waals surface area contributed by atoms with E-state index < -0.39 is 0 Å². The Balaban J connectivity index is 1.33. The minimum atomic E-state index is 0.244. The van der Waals surface area contributed by atoms with E-state index in [1.54, 1.807) is 0 Å². The number of hydrogen-bond donors (Lipinski definition) is 0. The van der Waals surface area contributed by atoms with E-state index >= 15 is 0 Å². The molecule has 0 bridgehead atoms. The molecule has 42 heavy (non-hydrogen) atoms. The van der Waals surface area contributed by atoms with Crippen molar-refractivity contribution in [3.05, 3.63) is 186 Å². The van der Waals surface area contributed by atoms with Gasteiger partial charge in [0.25, 0.3) is 0 Å². The van der Waals surface area contributed by atoms with Crippen LogP contribution in [0.1, 0.15) is 22.6 Å². The lowest BCUT2D eigenvalue weighted by Crippen LogP contribution is -2.28. The van der Waals surface area contributed by atoms with Crippen LogP contribution in [0.4, 0.5) is 28.4 Å². The SMILES string of the molecule is C1=Cc2ccc(N(c3ccccc3)c3ccccc3)c3c2C2C1=C(N(c1ccccc1)c1ccccc1)C=CC2C=C3. The Kier molecular flexibility index (Phi) is 5.97. The molecule has 0 N–H and O–H groups in total. The maximum Gasteiger partial charge on any atom is 0.0537 e. The van der Waals surface area contributed by atoms with Gasteiger partial charge in [-0.25, -0.2) is 0 Å². The first-order valence-electron chi connectivity index (χ1n) is 14.6. The van der Waals surface area contributed by atoms with Crippen molar-refractivity contribution in [2.24, 2.45) is 5.92 Å². The van der Waals surface area contributed by atoms with Crippen LogP contribution in [-0.4, -0.2) is 0 Å². The zero-order valence-electron chi connectivity index (χ0n) is 23.2. The Labute approximate surface area is 247 Å². The van der Waals surface area contributed by atoms with Crippen LogP contribution in [0.5, 0.6) is 0 Å². The second kappa shape index (κ2) is 10.2. The average Bonchev–Trinajstić information content (AvgIpc) is 3.07. The number of anilines is 5. The van der Waals surface area contributed by atoms with Gasteiger partial charge >= 0.3 is 0 Å². The lowest BCUT2D eigenvalue weighted by molar-refractivity contribution is 0.655. The molecule has 0 radical (unpaired) electrons. The van der Waals surface area contributed by atoms with Crippen molar-refractivity contribution in [1.82, 2.24) is 0 Å². The molecular weight excluding hydrogens is 508 g/mol. The molecule has 5 aromatic rings. The molecule has 0 aromatic heterocycles. The molecule has 5 aromatic carbocycles. The topological polar surface area (TPSA) is 6.48 Å². The van der Waals surface area contributed by atoms with E-state index in [0.717, 1.165) is 22.7 Å². The fraction of sp³-hybridized carbons (Fsp3) is 0.0500. The zero-order valence-corrected chi connectivity index (χ0v) is 23.2. The molecule has 0 spiro atoms. The molecule has 0 amide bonds. The van der Waals surface area contributed by atoms with Gasteiger partial charge in [0.2, 0.25) is 0 Å². The van der Waals surface area contributed by atoms with Gasteiger partial charge in [0.15, 0.2) is 0 Å². The van der Waals surface area contributed by atoms with E-state index in [4.69, 9.17) is 0 Å². The van der Waals surface area contributed by atoms with Gasteiger partial charge in [-0.2, -0.15) is 0 Å². The van der Waals surface area contributed by atoms with Gasteiger partial charge in [-0.3, -0.25) is 0 Å². The number of benzene rings is 5. The second-order valence-corrected chi connectivity index (χ2v) is 11.0. The molecule has 0 aliphatic heterocycles. The number of allylic oxidation sites excluding steroid dienone is 5. The van der Waals surface area contributed by atoms with E-state index in [1.807, 2.05) is 0 Å². The quantitative estimate of drug-likeness (QED) is 0.212. The fourth-order valence-corrected chi connectivity index (χ4v) is 6.75. The van der Waals surface area contributed by atoms with Crippen LogP contribution in [0.3, 0.4) is 0 Å². The van der Waals surface area contributed by atoms with Crippen LogP contribution in [-0.2, 0) is 0 Å². The summed E-state index contributed by atoms with van der Waals surface area (Å²) in [6, 6.07) is 47.4. The smallest absolute Gasteiger partial charge is 0.0537 e. The van der Waals surface area contributed by atoms with E-state index in [1.165, 1.54) is 33.6 Å². The molecule has 2 heteroatoms. The highest BCUT2D eigenvalue weighted by atomic mass is 15.2. The van der Waals surface area contributed by atoms with Crippen molar-refractivity contribution in [1.29, 1.82) is 0 Å². The van der Waals surface area contributed by atoms with Crippen LogP contribution >= 0.6 is 0 Å². The molecule has 2 nitrogen and oxygen atoms in total. The first-order chi connectivity index (χ1) is 20.9. The maximum atomic E-state index is 2.40. The summed E-state index contributed by atoms with van der Waals surface area (Å²) in [4.78, 5) is 4.79. The minimum Gasteiger partial charge on any atom is -0.310 e. The Hall–Kier alpha value is -5.34. The van der Waals surface area contributed by atoms with Gasteiger partial charge in [-0.05, 0) is 77.4 Å². The Bertz CT molecular complexity index is 1790. The van der Waals surface area contributed by atoms with Crippen molar-refractivity contribution < 1.29 is 0 Å². The molecule has 3 aliphatic rings. The van der Waals surface area contributed by atoms with Crippen LogP contribution in [0, 0.1) is 5.92 Å². The summed E-state index contributed by atoms with van der Waals surface area (Å²) in [6.45, 7) is 0. The van der Waals surface area contributed by atoms with Gasteiger partial charge in [0, 0.05) is 45.8 Å². The third-order valence-electron chi connectivity index (χ3n) is 8.57. The van der Waals surface area contributed by atoms with Crippen molar-refractivity contribution in [2.45, 2.75) is 5.92 Å². The summed E-state index contributed by atoms with van der Waals surface area (Å²) in [5.41, 5.74) is 12.4. The van der Waals surface area contributed by atoms with Crippen LogP contribution < -0.4 is 9.80 Å². The van der Waals surface area contributed by atoms with E-state index in [-0.39, 0.29) is 5.92 Å². The van der Waals surface area contributed by atoms with E-state index in [2.05, 4.69) is 180 Å². The lowest BCUT2D eigenvalue weighted by Gasteiger charge is -2.41. The Morgan fingerprint density at radius 2 is 0.929 bits per heavy atom. The summed E-state index contributed by atoms with van der Waals surface area (Å²) < 4.78 is 0. The highest BCUT2D eigenvalue weighted by molar-refractivity contribution is 5.89. The third-order valence-corrected chi connectivity index (χ3v) is 8.57. The minimum absolute atomic E-state index is 0.244. The Morgan fingerprint density at radius 3 is 1.48 bits per heavy atom. The van der Waals surface area contributed by atoms with E-state index in [9.17, 15) is 0 Å².